The van der Waals surface area contributed by atoms with Crippen LogP contribution >= 0.6 is 0 Å². The Morgan fingerprint density at radius 3 is 2.46 bits per heavy atom. The Morgan fingerprint density at radius 1 is 1.03 bits per heavy atom. The highest BCUT2D eigenvalue weighted by Gasteiger charge is 2.28. The predicted molar refractivity (Wildman–Crippen MR) is 133 cm³/mol. The predicted octanol–water partition coefficient (Wildman–Crippen LogP) is 5.54. The highest BCUT2D eigenvalue weighted by Crippen LogP contribution is 2.32. The summed E-state index contributed by atoms with van der Waals surface area (Å²) < 4.78 is 19.6. The van der Waals surface area contributed by atoms with Crippen LogP contribution in [0.2, 0.25) is 0 Å². The van der Waals surface area contributed by atoms with Gasteiger partial charge in [-0.2, -0.15) is 4.98 Å². The van der Waals surface area contributed by atoms with E-state index in [1.807, 2.05) is 31.2 Å². The number of aromatic nitrogens is 2. The molecular formula is C27H30FN5O2. The molecule has 0 unspecified atom stereocenters. The lowest BCUT2D eigenvalue weighted by molar-refractivity contribution is 0.205. The third kappa shape index (κ3) is 5.37. The summed E-state index contributed by atoms with van der Waals surface area (Å²) in [5.41, 5.74) is 3.56. The second kappa shape index (κ2) is 9.90. The first-order chi connectivity index (χ1) is 16.9. The number of fused-ring (bicyclic) bond motifs is 1. The monoisotopic (exact) mass is 475 g/mol. The molecule has 3 heterocycles. The van der Waals surface area contributed by atoms with Crippen molar-refractivity contribution < 1.29 is 13.9 Å². The van der Waals surface area contributed by atoms with Gasteiger partial charge in [0, 0.05) is 31.7 Å². The number of urea groups is 1. The van der Waals surface area contributed by atoms with Crippen LogP contribution < -0.4 is 15.0 Å². The molecule has 2 aliphatic heterocycles. The van der Waals surface area contributed by atoms with Gasteiger partial charge in [-0.3, -0.25) is 0 Å². The van der Waals surface area contributed by atoms with Crippen LogP contribution in [-0.4, -0.2) is 40.5 Å². The van der Waals surface area contributed by atoms with E-state index in [9.17, 15) is 9.18 Å². The number of rotatable bonds is 4. The first-order valence-electron chi connectivity index (χ1n) is 12.2. The summed E-state index contributed by atoms with van der Waals surface area (Å²) in [6.07, 6.45) is 2.80. The molecule has 0 bridgehead atoms. The van der Waals surface area contributed by atoms with Crippen molar-refractivity contribution in [3.8, 4) is 11.6 Å². The summed E-state index contributed by atoms with van der Waals surface area (Å²) in [5.74, 6) is 1.93. The maximum Gasteiger partial charge on any atom is 0.322 e. The maximum absolute atomic E-state index is 13.4. The topological polar surface area (TPSA) is 70.6 Å². The standard InChI is InChI=1S/C27H30FN5O2/c1-18-3-7-21(8-4-18)29-27(34)33-16-13-24-23(17-33)25(35-22-9-5-20(28)6-10-22)31-26(30-24)32-14-11-19(2)12-15-32/h3-10,19H,11-17H2,1-2H3,(H,29,34). The molecule has 5 rings (SSSR count). The summed E-state index contributed by atoms with van der Waals surface area (Å²) in [6.45, 7) is 6.97. The van der Waals surface area contributed by atoms with E-state index in [1.54, 1.807) is 17.0 Å². The van der Waals surface area contributed by atoms with E-state index >= 15 is 0 Å². The molecule has 0 saturated carbocycles. The number of hydrogen-bond donors (Lipinski definition) is 1. The van der Waals surface area contributed by atoms with Crippen LogP contribution in [0.4, 0.5) is 20.8 Å². The van der Waals surface area contributed by atoms with Gasteiger partial charge in [-0.15, -0.1) is 0 Å². The zero-order valence-corrected chi connectivity index (χ0v) is 20.1. The number of aryl methyl sites for hydroxylation is 1. The van der Waals surface area contributed by atoms with Gasteiger partial charge in [0.2, 0.25) is 11.8 Å². The van der Waals surface area contributed by atoms with E-state index in [4.69, 9.17) is 14.7 Å². The van der Waals surface area contributed by atoms with Crippen LogP contribution in [0.25, 0.3) is 0 Å². The number of piperidine rings is 1. The zero-order chi connectivity index (χ0) is 24.4. The van der Waals surface area contributed by atoms with Gasteiger partial charge >= 0.3 is 6.03 Å². The van der Waals surface area contributed by atoms with Gasteiger partial charge < -0.3 is 19.9 Å². The fraction of sp³-hybridized carbons (Fsp3) is 0.370. The van der Waals surface area contributed by atoms with Crippen molar-refractivity contribution in [2.75, 3.05) is 29.9 Å². The average molecular weight is 476 g/mol. The number of nitrogens with one attached hydrogen (secondary N) is 1. The Kier molecular flexibility index (Phi) is 6.53. The van der Waals surface area contributed by atoms with Gasteiger partial charge in [0.15, 0.2) is 0 Å². The minimum Gasteiger partial charge on any atom is -0.438 e. The lowest BCUT2D eigenvalue weighted by Gasteiger charge is -2.33. The number of amides is 2. The van der Waals surface area contributed by atoms with Crippen LogP contribution in [-0.2, 0) is 13.0 Å². The number of nitrogens with zero attached hydrogens (tertiary/aromatic N) is 4. The average Bonchev–Trinajstić information content (AvgIpc) is 2.87. The molecule has 3 aromatic rings. The highest BCUT2D eigenvalue weighted by molar-refractivity contribution is 5.89. The van der Waals surface area contributed by atoms with Crippen LogP contribution in [0.3, 0.4) is 0 Å². The third-order valence-corrected chi connectivity index (χ3v) is 6.70. The Balaban J connectivity index is 1.41. The molecule has 0 atom stereocenters. The number of ether oxygens (including phenoxy) is 1. The van der Waals surface area contributed by atoms with Crippen molar-refractivity contribution in [3.63, 3.8) is 0 Å². The van der Waals surface area contributed by atoms with Crippen molar-refractivity contribution in [1.82, 2.24) is 14.9 Å². The van der Waals surface area contributed by atoms with E-state index in [0.29, 0.717) is 43.0 Å². The number of hydrogen-bond acceptors (Lipinski definition) is 5. The zero-order valence-electron chi connectivity index (χ0n) is 20.1. The summed E-state index contributed by atoms with van der Waals surface area (Å²) in [6, 6.07) is 13.4. The molecule has 2 aliphatic rings. The molecule has 2 aromatic carbocycles. The van der Waals surface area contributed by atoms with Gasteiger partial charge in [0.05, 0.1) is 17.8 Å². The second-order valence-corrected chi connectivity index (χ2v) is 9.45. The summed E-state index contributed by atoms with van der Waals surface area (Å²) in [5, 5.41) is 2.97. The molecule has 0 radical (unpaired) electrons. The first kappa shape index (κ1) is 23.1. The minimum atomic E-state index is -0.329. The second-order valence-electron chi connectivity index (χ2n) is 9.45. The van der Waals surface area contributed by atoms with Crippen LogP contribution in [0, 0.1) is 18.7 Å². The largest absolute Gasteiger partial charge is 0.438 e. The molecule has 1 aromatic heterocycles. The number of carbonyl (C=O) groups is 1. The molecule has 1 fully saturated rings. The fourth-order valence-electron chi connectivity index (χ4n) is 4.43. The van der Waals surface area contributed by atoms with Crippen LogP contribution in [0.1, 0.15) is 36.6 Å². The number of halogens is 1. The van der Waals surface area contributed by atoms with Crippen molar-refractivity contribution in [3.05, 3.63) is 71.2 Å². The van der Waals surface area contributed by atoms with Crippen molar-refractivity contribution in [1.29, 1.82) is 0 Å². The van der Waals surface area contributed by atoms with Crippen LogP contribution in [0.5, 0.6) is 11.6 Å². The molecule has 1 saturated heterocycles. The quantitative estimate of drug-likeness (QED) is 0.536. The summed E-state index contributed by atoms with van der Waals surface area (Å²) >= 11 is 0. The Hall–Kier alpha value is -3.68. The van der Waals surface area contributed by atoms with Gasteiger partial charge in [-0.1, -0.05) is 24.6 Å². The highest BCUT2D eigenvalue weighted by atomic mass is 19.1. The lowest BCUT2D eigenvalue weighted by Crippen LogP contribution is -2.40. The molecular weight excluding hydrogens is 445 g/mol. The van der Waals surface area contributed by atoms with Crippen molar-refractivity contribution in [2.45, 2.75) is 39.7 Å². The number of benzene rings is 2. The smallest absolute Gasteiger partial charge is 0.322 e. The van der Waals surface area contributed by atoms with Gasteiger partial charge in [0.1, 0.15) is 11.6 Å². The molecule has 0 aliphatic carbocycles. The van der Waals surface area contributed by atoms with E-state index in [1.165, 1.54) is 12.1 Å². The molecule has 8 heteroatoms. The molecule has 2 amide bonds. The first-order valence-corrected chi connectivity index (χ1v) is 12.2. The Labute approximate surface area is 204 Å². The summed E-state index contributed by atoms with van der Waals surface area (Å²) in [4.78, 5) is 26.6. The third-order valence-electron chi connectivity index (χ3n) is 6.70. The van der Waals surface area contributed by atoms with Gasteiger partial charge in [-0.25, -0.2) is 14.2 Å². The fourth-order valence-corrected chi connectivity index (χ4v) is 4.43. The minimum absolute atomic E-state index is 0.179. The molecule has 35 heavy (non-hydrogen) atoms. The van der Waals surface area contributed by atoms with E-state index in [-0.39, 0.29) is 11.8 Å². The number of anilines is 2. The Bertz CT molecular complexity index is 1190. The molecule has 182 valence electrons. The summed E-state index contributed by atoms with van der Waals surface area (Å²) in [7, 11) is 0. The Morgan fingerprint density at radius 2 is 1.74 bits per heavy atom. The van der Waals surface area contributed by atoms with Crippen LogP contribution in [0.15, 0.2) is 48.5 Å². The normalized spacial score (nSPS) is 16.1. The lowest BCUT2D eigenvalue weighted by atomic mass is 9.99. The van der Waals surface area contributed by atoms with Gasteiger partial charge in [-0.05, 0) is 62.1 Å². The van der Waals surface area contributed by atoms with E-state index in [2.05, 4.69) is 17.1 Å². The van der Waals surface area contributed by atoms with Crippen molar-refractivity contribution in [2.24, 2.45) is 5.92 Å². The number of carbonyl (C=O) groups excluding carboxylic acids is 1. The molecule has 0 spiro atoms. The SMILES string of the molecule is Cc1ccc(NC(=O)N2CCc3nc(N4CCC(C)CC4)nc(Oc4ccc(F)cc4)c3C2)cc1. The van der Waals surface area contributed by atoms with Crippen molar-refractivity contribution >= 4 is 17.7 Å². The molecule has 1 N–H and O–H groups in total. The molecule has 7 nitrogen and oxygen atoms in total. The van der Waals surface area contributed by atoms with Gasteiger partial charge in [0.25, 0.3) is 0 Å². The van der Waals surface area contributed by atoms with E-state index in [0.717, 1.165) is 48.4 Å². The maximum atomic E-state index is 13.4. The van der Waals surface area contributed by atoms with E-state index < -0.39 is 0 Å².